The second kappa shape index (κ2) is 14.9. The van der Waals surface area contributed by atoms with Gasteiger partial charge in [0.15, 0.2) is 11.5 Å². The molecule has 1 unspecified atom stereocenters. The van der Waals surface area contributed by atoms with E-state index in [1.54, 1.807) is 28.7 Å². The van der Waals surface area contributed by atoms with Gasteiger partial charge in [0.1, 0.15) is 13.2 Å². The van der Waals surface area contributed by atoms with Gasteiger partial charge in [-0.15, -0.1) is 0 Å². The summed E-state index contributed by atoms with van der Waals surface area (Å²) in [6.07, 6.45) is 4.63. The first-order valence-electron chi connectivity index (χ1n) is 15.6. The average Bonchev–Trinajstić information content (AvgIpc) is 3.83. The third kappa shape index (κ3) is 8.92. The molecule has 3 aromatic rings. The molecule has 11 heteroatoms. The fourth-order valence-corrected chi connectivity index (χ4v) is 8.50. The lowest BCUT2D eigenvalue weighted by Gasteiger charge is -2.34. The van der Waals surface area contributed by atoms with Crippen molar-refractivity contribution in [2.75, 3.05) is 37.8 Å². The predicted octanol–water partition coefficient (Wildman–Crippen LogP) is 4.39. The van der Waals surface area contributed by atoms with Crippen LogP contribution in [0.1, 0.15) is 44.4 Å². The van der Waals surface area contributed by atoms with Gasteiger partial charge in [0.05, 0.1) is 4.90 Å². The molecule has 1 fully saturated rings. The third-order valence-electron chi connectivity index (χ3n) is 8.33. The Bertz CT molecular complexity index is 1560. The maximum Gasteiger partial charge on any atom is 0.243 e. The summed E-state index contributed by atoms with van der Waals surface area (Å²) < 4.78 is 53.8. The summed E-state index contributed by atoms with van der Waals surface area (Å²) in [5.74, 6) is 1.61. The Morgan fingerprint density at radius 1 is 1.00 bits per heavy atom. The molecule has 2 atom stereocenters. The number of nitrogens with zero attached hydrogens (tertiary/aromatic N) is 2. The zero-order valence-electron chi connectivity index (χ0n) is 26.0. The van der Waals surface area contributed by atoms with Crippen LogP contribution in [0, 0.1) is 11.3 Å². The number of pyridine rings is 1. The number of fused-ring (bicyclic) bond motifs is 1. The van der Waals surface area contributed by atoms with E-state index in [0.717, 1.165) is 24.1 Å². The van der Waals surface area contributed by atoms with E-state index in [9.17, 15) is 17.4 Å². The second-order valence-corrected chi connectivity index (χ2v) is 16.0. The number of ether oxygens (including phenoxy) is 2. The van der Waals surface area contributed by atoms with Crippen LogP contribution in [0.2, 0.25) is 0 Å². The molecular weight excluding hydrogens is 611 g/mol. The summed E-state index contributed by atoms with van der Waals surface area (Å²) in [7, 11) is -5.03. The molecule has 1 aliphatic heterocycles. The molecule has 1 saturated carbocycles. The standard InChI is InChI=1S/C34H43N3O6S2/c1-26(2)24-37(45(40,41)29-11-12-30-31(23-29)43-19-18-42-30)25-34(15-16-34)32(22-27-8-4-3-5-9-27)36-33(38)14-21-44(39)20-13-28-10-6-7-17-35-28/h3-12,17,23,26,32H,13-16,18-22,24-25H2,1-2H3,(H,36,38)/t32-,44?/m0/s1. The molecule has 0 radical (unpaired) electrons. The average molecular weight is 654 g/mol. The van der Waals surface area contributed by atoms with E-state index in [0.29, 0.717) is 49.9 Å². The third-order valence-corrected chi connectivity index (χ3v) is 11.5. The van der Waals surface area contributed by atoms with Crippen LogP contribution in [-0.2, 0) is 38.5 Å². The van der Waals surface area contributed by atoms with Gasteiger partial charge in [-0.1, -0.05) is 50.2 Å². The van der Waals surface area contributed by atoms with Crippen molar-refractivity contribution in [1.29, 1.82) is 0 Å². The zero-order chi connectivity index (χ0) is 31.9. The first-order valence-corrected chi connectivity index (χ1v) is 18.6. The minimum absolute atomic E-state index is 0.0935. The van der Waals surface area contributed by atoms with Crippen molar-refractivity contribution < 1.29 is 26.9 Å². The van der Waals surface area contributed by atoms with Crippen molar-refractivity contribution in [2.45, 2.75) is 56.9 Å². The Labute approximate surface area is 269 Å². The predicted molar refractivity (Wildman–Crippen MR) is 175 cm³/mol. The highest BCUT2D eigenvalue weighted by atomic mass is 32.2. The van der Waals surface area contributed by atoms with E-state index in [2.05, 4.69) is 10.3 Å². The van der Waals surface area contributed by atoms with E-state index in [1.807, 2.05) is 62.4 Å². The molecule has 0 bridgehead atoms. The van der Waals surface area contributed by atoms with Gasteiger partial charge in [-0.3, -0.25) is 14.0 Å². The van der Waals surface area contributed by atoms with E-state index in [-0.39, 0.29) is 41.5 Å². The van der Waals surface area contributed by atoms with Crippen LogP contribution in [0.4, 0.5) is 0 Å². The van der Waals surface area contributed by atoms with E-state index < -0.39 is 26.2 Å². The SMILES string of the molecule is CC(C)CN(CC1([C@H](Cc2ccccc2)NC(=O)CCS(=O)CCc2ccccn2)CC1)S(=O)(=O)c1ccc2c(c1)OCCO2. The van der Waals surface area contributed by atoms with Gasteiger partial charge >= 0.3 is 0 Å². The number of aromatic nitrogens is 1. The normalized spacial score (nSPS) is 16.7. The summed E-state index contributed by atoms with van der Waals surface area (Å²) in [6, 6.07) is 20.1. The molecule has 5 rings (SSSR count). The van der Waals surface area contributed by atoms with Crippen molar-refractivity contribution in [2.24, 2.45) is 11.3 Å². The maximum atomic E-state index is 14.1. The molecule has 1 amide bonds. The highest BCUT2D eigenvalue weighted by molar-refractivity contribution is 7.89. The fraction of sp³-hybridized carbons (Fsp3) is 0.471. The lowest BCUT2D eigenvalue weighted by Crippen LogP contribution is -2.49. The first-order chi connectivity index (χ1) is 21.6. The summed E-state index contributed by atoms with van der Waals surface area (Å²) in [5, 5.41) is 3.24. The number of nitrogens with one attached hydrogen (secondary N) is 1. The van der Waals surface area contributed by atoms with Crippen LogP contribution in [0.15, 0.2) is 77.8 Å². The molecule has 0 saturated heterocycles. The molecule has 2 aromatic carbocycles. The minimum Gasteiger partial charge on any atom is -0.486 e. The topological polar surface area (TPSA) is 115 Å². The zero-order valence-corrected chi connectivity index (χ0v) is 27.7. The molecule has 1 aliphatic carbocycles. The molecule has 242 valence electrons. The number of benzene rings is 2. The van der Waals surface area contributed by atoms with Crippen molar-refractivity contribution in [3.63, 3.8) is 0 Å². The number of amides is 1. The van der Waals surface area contributed by atoms with Gasteiger partial charge in [0.2, 0.25) is 15.9 Å². The van der Waals surface area contributed by atoms with Crippen molar-refractivity contribution in [3.05, 3.63) is 84.2 Å². The molecule has 9 nitrogen and oxygen atoms in total. The Morgan fingerprint density at radius 3 is 2.42 bits per heavy atom. The minimum atomic E-state index is -3.87. The van der Waals surface area contributed by atoms with Gasteiger partial charge in [-0.2, -0.15) is 4.31 Å². The monoisotopic (exact) mass is 653 g/mol. The molecule has 45 heavy (non-hydrogen) atoms. The van der Waals surface area contributed by atoms with Crippen LogP contribution < -0.4 is 14.8 Å². The number of carbonyl (C=O) groups is 1. The van der Waals surface area contributed by atoms with Crippen molar-refractivity contribution in [1.82, 2.24) is 14.6 Å². The Hall–Kier alpha value is -3.28. The lowest BCUT2D eigenvalue weighted by molar-refractivity contribution is -0.121. The molecule has 2 aliphatic rings. The number of hydrogen-bond donors (Lipinski definition) is 1. The molecular formula is C34H43N3O6S2. The molecule has 1 aromatic heterocycles. The van der Waals surface area contributed by atoms with Gasteiger partial charge in [-0.05, 0) is 55.0 Å². The van der Waals surface area contributed by atoms with Gasteiger partial charge in [-0.25, -0.2) is 8.42 Å². The van der Waals surface area contributed by atoms with Gasteiger partial charge in [0, 0.05) is 77.7 Å². The summed E-state index contributed by atoms with van der Waals surface area (Å²) in [6.45, 7) is 5.44. The van der Waals surface area contributed by atoms with E-state index >= 15 is 0 Å². The number of sulfonamides is 1. The largest absolute Gasteiger partial charge is 0.486 e. The van der Waals surface area contributed by atoms with Crippen LogP contribution in [0.25, 0.3) is 0 Å². The van der Waals surface area contributed by atoms with Crippen molar-refractivity contribution in [3.8, 4) is 11.5 Å². The van der Waals surface area contributed by atoms with E-state index in [1.165, 1.54) is 0 Å². The number of carbonyl (C=O) groups excluding carboxylic acids is 1. The Morgan fingerprint density at radius 2 is 1.73 bits per heavy atom. The smallest absolute Gasteiger partial charge is 0.243 e. The van der Waals surface area contributed by atoms with Crippen LogP contribution >= 0.6 is 0 Å². The highest BCUT2D eigenvalue weighted by Gasteiger charge is 2.52. The number of rotatable bonds is 16. The summed E-state index contributed by atoms with van der Waals surface area (Å²) in [5.41, 5.74) is 1.53. The molecule has 2 heterocycles. The van der Waals surface area contributed by atoms with Crippen LogP contribution in [0.5, 0.6) is 11.5 Å². The van der Waals surface area contributed by atoms with Gasteiger partial charge in [0.25, 0.3) is 0 Å². The van der Waals surface area contributed by atoms with Crippen molar-refractivity contribution >= 4 is 26.7 Å². The maximum absolute atomic E-state index is 14.1. The summed E-state index contributed by atoms with van der Waals surface area (Å²) in [4.78, 5) is 17.8. The Kier molecular flexibility index (Phi) is 10.9. The quantitative estimate of drug-likeness (QED) is 0.244. The first kappa shape index (κ1) is 33.1. The highest BCUT2D eigenvalue weighted by Crippen LogP contribution is 2.51. The number of aryl methyl sites for hydroxylation is 1. The molecule has 0 spiro atoms. The van der Waals surface area contributed by atoms with Crippen LogP contribution in [-0.4, -0.2) is 71.7 Å². The second-order valence-electron chi connectivity index (χ2n) is 12.3. The fourth-order valence-electron chi connectivity index (χ4n) is 5.73. The molecule has 1 N–H and O–H groups in total. The lowest BCUT2D eigenvalue weighted by atomic mass is 9.90. The summed E-state index contributed by atoms with van der Waals surface area (Å²) >= 11 is 0. The Balaban J connectivity index is 1.30. The van der Waals surface area contributed by atoms with Gasteiger partial charge < -0.3 is 14.8 Å². The van der Waals surface area contributed by atoms with E-state index in [4.69, 9.17) is 9.47 Å². The van der Waals surface area contributed by atoms with Crippen LogP contribution in [0.3, 0.4) is 0 Å². The number of hydrogen-bond acceptors (Lipinski definition) is 7.